The fourth-order valence-corrected chi connectivity index (χ4v) is 1.96. The first kappa shape index (κ1) is 11.7. The molecule has 3 rings (SSSR count). The van der Waals surface area contributed by atoms with Gasteiger partial charge < -0.3 is 14.3 Å². The van der Waals surface area contributed by atoms with Crippen molar-refractivity contribution in [1.29, 1.82) is 0 Å². The third-order valence-corrected chi connectivity index (χ3v) is 2.94. The van der Waals surface area contributed by atoms with Gasteiger partial charge >= 0.3 is 0 Å². The molecule has 3 nitrogen and oxygen atoms in total. The maximum Gasteiger partial charge on any atom is 0.146 e. The summed E-state index contributed by atoms with van der Waals surface area (Å²) >= 11 is 0. The first-order chi connectivity index (χ1) is 9.20. The SMILES string of the molecule is Cc1ccc2cc(COc3ccc(O)cc3)oc2c1. The zero-order chi connectivity index (χ0) is 13.2. The maximum atomic E-state index is 9.19. The van der Waals surface area contributed by atoms with Crippen molar-refractivity contribution in [3.8, 4) is 11.5 Å². The lowest BCUT2D eigenvalue weighted by atomic mass is 10.2. The van der Waals surface area contributed by atoms with Gasteiger partial charge in [-0.2, -0.15) is 0 Å². The minimum Gasteiger partial charge on any atom is -0.508 e. The van der Waals surface area contributed by atoms with Gasteiger partial charge in [0.1, 0.15) is 29.4 Å². The zero-order valence-corrected chi connectivity index (χ0v) is 10.6. The second-order valence-corrected chi connectivity index (χ2v) is 4.54. The van der Waals surface area contributed by atoms with Crippen LogP contribution in [0.3, 0.4) is 0 Å². The third-order valence-electron chi connectivity index (χ3n) is 2.94. The molecule has 0 aliphatic heterocycles. The molecular weight excluding hydrogens is 240 g/mol. The average Bonchev–Trinajstić information content (AvgIpc) is 2.80. The molecule has 0 aliphatic carbocycles. The molecule has 0 radical (unpaired) electrons. The Balaban J connectivity index is 1.76. The van der Waals surface area contributed by atoms with Gasteiger partial charge in [0.15, 0.2) is 0 Å². The van der Waals surface area contributed by atoms with Gasteiger partial charge in [0.2, 0.25) is 0 Å². The Morgan fingerprint density at radius 3 is 2.63 bits per heavy atom. The molecule has 3 heteroatoms. The summed E-state index contributed by atoms with van der Waals surface area (Å²) in [5.74, 6) is 1.72. The van der Waals surface area contributed by atoms with E-state index in [9.17, 15) is 5.11 Å². The lowest BCUT2D eigenvalue weighted by Crippen LogP contribution is -1.92. The molecule has 0 unspecified atom stereocenters. The fourth-order valence-electron chi connectivity index (χ4n) is 1.96. The Bertz CT molecular complexity index is 696. The van der Waals surface area contributed by atoms with Crippen LogP contribution in [0, 0.1) is 6.92 Å². The summed E-state index contributed by atoms with van der Waals surface area (Å²) in [7, 11) is 0. The lowest BCUT2D eigenvalue weighted by molar-refractivity contribution is 0.274. The van der Waals surface area contributed by atoms with Crippen LogP contribution in [0.25, 0.3) is 11.0 Å². The molecule has 0 atom stereocenters. The molecule has 0 amide bonds. The minimum absolute atomic E-state index is 0.228. The molecule has 1 aromatic heterocycles. The number of ether oxygens (including phenoxy) is 1. The highest BCUT2D eigenvalue weighted by Crippen LogP contribution is 2.22. The summed E-state index contributed by atoms with van der Waals surface area (Å²) in [6, 6.07) is 14.7. The number of phenolic OH excluding ortho intramolecular Hbond substituents is 1. The van der Waals surface area contributed by atoms with Crippen LogP contribution in [0.2, 0.25) is 0 Å². The van der Waals surface area contributed by atoms with Gasteiger partial charge in [-0.25, -0.2) is 0 Å². The predicted octanol–water partition coefficient (Wildman–Crippen LogP) is 4.03. The van der Waals surface area contributed by atoms with Gasteiger partial charge in [0.05, 0.1) is 0 Å². The maximum absolute atomic E-state index is 9.19. The average molecular weight is 254 g/mol. The fraction of sp³-hybridized carbons (Fsp3) is 0.125. The molecule has 0 aliphatic rings. The van der Waals surface area contributed by atoms with Crippen LogP contribution in [-0.2, 0) is 6.61 Å². The number of hydrogen-bond acceptors (Lipinski definition) is 3. The molecule has 0 saturated carbocycles. The van der Waals surface area contributed by atoms with Crippen LogP contribution < -0.4 is 4.74 Å². The molecular formula is C16H14O3. The molecule has 1 N–H and O–H groups in total. The Morgan fingerprint density at radius 1 is 1.05 bits per heavy atom. The van der Waals surface area contributed by atoms with E-state index in [0.717, 1.165) is 16.7 Å². The Morgan fingerprint density at radius 2 is 1.84 bits per heavy atom. The Kier molecular flexibility index (Phi) is 2.88. The van der Waals surface area contributed by atoms with Crippen molar-refractivity contribution in [2.75, 3.05) is 0 Å². The number of fused-ring (bicyclic) bond motifs is 1. The summed E-state index contributed by atoms with van der Waals surface area (Å²) < 4.78 is 11.3. The summed E-state index contributed by atoms with van der Waals surface area (Å²) in [6.07, 6.45) is 0. The van der Waals surface area contributed by atoms with Crippen molar-refractivity contribution in [3.63, 3.8) is 0 Å². The standard InChI is InChI=1S/C16H14O3/c1-11-2-3-12-9-15(19-16(12)8-11)10-18-14-6-4-13(17)5-7-14/h2-9,17H,10H2,1H3. The van der Waals surface area contributed by atoms with E-state index in [1.54, 1.807) is 24.3 Å². The zero-order valence-electron chi connectivity index (χ0n) is 10.6. The van der Waals surface area contributed by atoms with Gasteiger partial charge in [-0.05, 0) is 48.9 Å². The normalized spacial score (nSPS) is 10.8. The molecule has 2 aromatic carbocycles. The second-order valence-electron chi connectivity index (χ2n) is 4.54. The van der Waals surface area contributed by atoms with E-state index in [4.69, 9.17) is 9.15 Å². The second kappa shape index (κ2) is 4.69. The predicted molar refractivity (Wildman–Crippen MR) is 73.4 cm³/mol. The van der Waals surface area contributed by atoms with Crippen molar-refractivity contribution < 1.29 is 14.3 Å². The molecule has 0 saturated heterocycles. The number of furan rings is 1. The van der Waals surface area contributed by atoms with Crippen molar-refractivity contribution in [2.45, 2.75) is 13.5 Å². The molecule has 19 heavy (non-hydrogen) atoms. The van der Waals surface area contributed by atoms with E-state index in [2.05, 4.69) is 6.07 Å². The van der Waals surface area contributed by atoms with E-state index in [1.807, 2.05) is 25.1 Å². The van der Waals surface area contributed by atoms with Gasteiger partial charge in [0, 0.05) is 5.39 Å². The largest absolute Gasteiger partial charge is 0.508 e. The quantitative estimate of drug-likeness (QED) is 0.767. The van der Waals surface area contributed by atoms with Gasteiger partial charge in [-0.15, -0.1) is 0 Å². The van der Waals surface area contributed by atoms with Crippen molar-refractivity contribution in [1.82, 2.24) is 0 Å². The molecule has 0 bridgehead atoms. The number of phenols is 1. The van der Waals surface area contributed by atoms with Crippen LogP contribution in [0.15, 0.2) is 52.9 Å². The molecule has 0 spiro atoms. The van der Waals surface area contributed by atoms with E-state index >= 15 is 0 Å². The highest BCUT2D eigenvalue weighted by molar-refractivity contribution is 5.78. The van der Waals surface area contributed by atoms with Crippen molar-refractivity contribution in [3.05, 3.63) is 59.9 Å². The highest BCUT2D eigenvalue weighted by atomic mass is 16.5. The van der Waals surface area contributed by atoms with E-state index < -0.39 is 0 Å². The van der Waals surface area contributed by atoms with E-state index in [-0.39, 0.29) is 5.75 Å². The van der Waals surface area contributed by atoms with Crippen LogP contribution in [0.1, 0.15) is 11.3 Å². The van der Waals surface area contributed by atoms with Crippen molar-refractivity contribution >= 4 is 11.0 Å². The molecule has 3 aromatic rings. The summed E-state index contributed by atoms with van der Waals surface area (Å²) in [5, 5.41) is 10.3. The van der Waals surface area contributed by atoms with Gasteiger partial charge in [-0.1, -0.05) is 12.1 Å². The van der Waals surface area contributed by atoms with Crippen LogP contribution >= 0.6 is 0 Å². The van der Waals surface area contributed by atoms with Crippen LogP contribution in [-0.4, -0.2) is 5.11 Å². The van der Waals surface area contributed by atoms with E-state index in [0.29, 0.717) is 12.4 Å². The Hall–Kier alpha value is -2.42. The summed E-state index contributed by atoms with van der Waals surface area (Å²) in [5.41, 5.74) is 2.05. The number of aromatic hydroxyl groups is 1. The summed E-state index contributed by atoms with van der Waals surface area (Å²) in [4.78, 5) is 0. The smallest absolute Gasteiger partial charge is 0.146 e. The van der Waals surface area contributed by atoms with Gasteiger partial charge in [0.25, 0.3) is 0 Å². The number of aryl methyl sites for hydroxylation is 1. The number of benzene rings is 2. The highest BCUT2D eigenvalue weighted by Gasteiger charge is 2.04. The number of hydrogen-bond donors (Lipinski definition) is 1. The van der Waals surface area contributed by atoms with Gasteiger partial charge in [-0.3, -0.25) is 0 Å². The molecule has 0 fully saturated rings. The summed E-state index contributed by atoms with van der Waals surface area (Å²) in [6.45, 7) is 2.41. The molecule has 1 heterocycles. The Labute approximate surface area is 111 Å². The topological polar surface area (TPSA) is 42.6 Å². The first-order valence-corrected chi connectivity index (χ1v) is 6.11. The minimum atomic E-state index is 0.228. The lowest BCUT2D eigenvalue weighted by Gasteiger charge is -2.03. The van der Waals surface area contributed by atoms with Crippen molar-refractivity contribution in [2.24, 2.45) is 0 Å². The molecule has 96 valence electrons. The first-order valence-electron chi connectivity index (χ1n) is 6.11. The van der Waals surface area contributed by atoms with E-state index in [1.165, 1.54) is 5.56 Å². The number of rotatable bonds is 3. The van der Waals surface area contributed by atoms with Crippen LogP contribution in [0.4, 0.5) is 0 Å². The van der Waals surface area contributed by atoms with Crippen LogP contribution in [0.5, 0.6) is 11.5 Å². The third kappa shape index (κ3) is 2.55. The monoisotopic (exact) mass is 254 g/mol.